The zero-order chi connectivity index (χ0) is 18.6. The van der Waals surface area contributed by atoms with E-state index in [0.717, 1.165) is 49.3 Å². The van der Waals surface area contributed by atoms with Gasteiger partial charge in [-0.3, -0.25) is 14.3 Å². The van der Waals surface area contributed by atoms with Crippen LogP contribution in [0.4, 0.5) is 5.13 Å². The average Bonchev–Trinajstić information content (AvgIpc) is 3.47. The summed E-state index contributed by atoms with van der Waals surface area (Å²) in [5.74, 6) is 0.345. The van der Waals surface area contributed by atoms with Crippen molar-refractivity contribution in [2.24, 2.45) is 5.92 Å². The van der Waals surface area contributed by atoms with Crippen LogP contribution in [0.1, 0.15) is 32.6 Å². The van der Waals surface area contributed by atoms with Gasteiger partial charge in [0.05, 0.1) is 0 Å². The van der Waals surface area contributed by atoms with E-state index in [9.17, 15) is 4.79 Å². The van der Waals surface area contributed by atoms with Crippen LogP contribution in [0.15, 0.2) is 24.5 Å². The van der Waals surface area contributed by atoms with Gasteiger partial charge in [-0.25, -0.2) is 0 Å². The van der Waals surface area contributed by atoms with Crippen LogP contribution in [-0.4, -0.2) is 64.3 Å². The lowest BCUT2D eigenvalue weighted by Crippen LogP contribution is -2.44. The fourth-order valence-electron chi connectivity index (χ4n) is 4.14. The summed E-state index contributed by atoms with van der Waals surface area (Å²) >= 11 is 1.60. The molecule has 0 radical (unpaired) electrons. The minimum absolute atomic E-state index is 0.120. The normalized spacial score (nSPS) is 21.7. The van der Waals surface area contributed by atoms with Crippen LogP contribution in [0.25, 0.3) is 5.13 Å². The monoisotopic (exact) mass is 388 g/mol. The molecule has 27 heavy (non-hydrogen) atoms. The van der Waals surface area contributed by atoms with E-state index < -0.39 is 0 Å². The predicted octanol–water partition coefficient (Wildman–Crippen LogP) is 2.15. The lowest BCUT2D eigenvalue weighted by molar-refractivity contribution is -0.125. The van der Waals surface area contributed by atoms with Crippen LogP contribution in [0, 0.1) is 5.92 Å². The molecule has 7 nitrogen and oxygen atoms in total. The largest absolute Gasteiger partial charge is 0.354 e. The van der Waals surface area contributed by atoms with E-state index in [1.165, 1.54) is 19.4 Å². The van der Waals surface area contributed by atoms with E-state index in [4.69, 9.17) is 0 Å². The summed E-state index contributed by atoms with van der Waals surface area (Å²) < 4.78 is 1.98. The molecule has 0 aromatic carbocycles. The van der Waals surface area contributed by atoms with E-state index in [1.54, 1.807) is 11.3 Å². The highest BCUT2D eigenvalue weighted by Crippen LogP contribution is 2.28. The molecule has 0 unspecified atom stereocenters. The van der Waals surface area contributed by atoms with Crippen molar-refractivity contribution in [3.63, 3.8) is 0 Å². The van der Waals surface area contributed by atoms with Crippen molar-refractivity contribution in [1.29, 1.82) is 0 Å². The maximum Gasteiger partial charge on any atom is 0.223 e. The van der Waals surface area contributed by atoms with Gasteiger partial charge in [0.15, 0.2) is 0 Å². The van der Waals surface area contributed by atoms with Crippen LogP contribution in [0.3, 0.4) is 0 Å². The number of anilines is 1. The Balaban J connectivity index is 1.25. The van der Waals surface area contributed by atoms with Gasteiger partial charge in [-0.05, 0) is 50.9 Å². The van der Waals surface area contributed by atoms with E-state index in [0.29, 0.717) is 6.04 Å². The smallest absolute Gasteiger partial charge is 0.223 e. The first-order chi connectivity index (χ1) is 13.2. The minimum atomic E-state index is 0.120. The molecule has 2 aromatic rings. The van der Waals surface area contributed by atoms with Gasteiger partial charge in [0, 0.05) is 44.0 Å². The highest BCUT2D eigenvalue weighted by atomic mass is 32.1. The average molecular weight is 389 g/mol. The van der Waals surface area contributed by atoms with Gasteiger partial charge in [-0.15, -0.1) is 10.2 Å². The number of likely N-dealkylation sites (tertiary alicyclic amines) is 1. The molecular formula is C19H28N6OS. The Bertz CT molecular complexity index is 737. The third-order valence-corrected chi connectivity index (χ3v) is 6.78. The summed E-state index contributed by atoms with van der Waals surface area (Å²) in [5.41, 5.74) is 0. The number of likely N-dealkylation sites (N-methyl/N-ethyl adjacent to an activating group) is 1. The molecule has 1 N–H and O–H groups in total. The van der Waals surface area contributed by atoms with E-state index in [2.05, 4.69) is 32.2 Å². The van der Waals surface area contributed by atoms with Gasteiger partial charge in [-0.2, -0.15) is 0 Å². The second kappa shape index (κ2) is 8.39. The van der Waals surface area contributed by atoms with Gasteiger partial charge in [-0.1, -0.05) is 18.3 Å². The molecule has 4 rings (SSSR count). The lowest BCUT2D eigenvalue weighted by atomic mass is 9.96. The third-order valence-electron chi connectivity index (χ3n) is 5.78. The molecule has 0 aliphatic carbocycles. The van der Waals surface area contributed by atoms with E-state index in [1.807, 2.05) is 29.1 Å². The first-order valence-electron chi connectivity index (χ1n) is 9.98. The molecule has 2 aliphatic heterocycles. The molecule has 1 amide bonds. The topological polar surface area (TPSA) is 66.3 Å². The molecule has 2 saturated heterocycles. The van der Waals surface area contributed by atoms with Crippen molar-refractivity contribution in [2.75, 3.05) is 37.6 Å². The predicted molar refractivity (Wildman–Crippen MR) is 107 cm³/mol. The molecule has 4 heterocycles. The summed E-state index contributed by atoms with van der Waals surface area (Å²) in [6.45, 7) is 6.97. The van der Waals surface area contributed by atoms with Gasteiger partial charge in [0.2, 0.25) is 16.2 Å². The van der Waals surface area contributed by atoms with Crippen LogP contribution in [0.5, 0.6) is 0 Å². The molecule has 1 atom stereocenters. The first kappa shape index (κ1) is 18.4. The van der Waals surface area contributed by atoms with Crippen molar-refractivity contribution < 1.29 is 4.79 Å². The number of rotatable bonds is 6. The summed E-state index contributed by atoms with van der Waals surface area (Å²) in [5, 5.41) is 13.7. The molecule has 0 spiro atoms. The van der Waals surface area contributed by atoms with Crippen molar-refractivity contribution in [3.8, 4) is 5.13 Å². The molecule has 8 heteroatoms. The van der Waals surface area contributed by atoms with E-state index >= 15 is 0 Å². The van der Waals surface area contributed by atoms with Crippen molar-refractivity contribution in [1.82, 2.24) is 25.0 Å². The maximum absolute atomic E-state index is 12.6. The number of piperidine rings is 1. The Kier molecular flexibility index (Phi) is 5.73. The van der Waals surface area contributed by atoms with Crippen molar-refractivity contribution in [3.05, 3.63) is 24.5 Å². The molecule has 0 bridgehead atoms. The van der Waals surface area contributed by atoms with Crippen molar-refractivity contribution in [2.45, 2.75) is 38.6 Å². The summed E-state index contributed by atoms with van der Waals surface area (Å²) in [7, 11) is 0. The fourth-order valence-corrected chi connectivity index (χ4v) is 5.01. The summed E-state index contributed by atoms with van der Waals surface area (Å²) in [6.07, 6.45) is 8.17. The molecular weight excluding hydrogens is 360 g/mol. The second-order valence-electron chi connectivity index (χ2n) is 7.39. The first-order valence-corrected chi connectivity index (χ1v) is 10.8. The van der Waals surface area contributed by atoms with Crippen LogP contribution < -0.4 is 10.2 Å². The quantitative estimate of drug-likeness (QED) is 0.821. The number of nitrogens with zero attached hydrogens (tertiary/aromatic N) is 5. The van der Waals surface area contributed by atoms with Gasteiger partial charge < -0.3 is 10.2 Å². The van der Waals surface area contributed by atoms with Gasteiger partial charge in [0.1, 0.15) is 0 Å². The number of carbonyl (C=O) groups excluding carboxylic acids is 1. The van der Waals surface area contributed by atoms with Crippen LogP contribution in [-0.2, 0) is 4.79 Å². The number of hydrogen-bond acceptors (Lipinski definition) is 6. The Hall–Kier alpha value is -1.93. The zero-order valence-electron chi connectivity index (χ0n) is 15.9. The molecule has 0 saturated carbocycles. The van der Waals surface area contributed by atoms with Gasteiger partial charge in [0.25, 0.3) is 0 Å². The lowest BCUT2D eigenvalue weighted by Gasteiger charge is -2.31. The minimum Gasteiger partial charge on any atom is -0.354 e. The maximum atomic E-state index is 12.6. The summed E-state index contributed by atoms with van der Waals surface area (Å²) in [6, 6.07) is 4.49. The van der Waals surface area contributed by atoms with Gasteiger partial charge >= 0.3 is 0 Å². The fraction of sp³-hybridized carbons (Fsp3) is 0.632. The third kappa shape index (κ3) is 4.16. The highest BCUT2D eigenvalue weighted by molar-refractivity contribution is 7.17. The standard InChI is InChI=1S/C19H28N6OS/c1-2-23-11-5-6-16(23)14-20-17(26)15-7-12-25(13-8-15)19-22-21-18(27-19)24-9-3-4-10-24/h3-4,9-10,15-16H,2,5-8,11-14H2,1H3,(H,20,26)/t16-/m0/s1. The number of amides is 1. The summed E-state index contributed by atoms with van der Waals surface area (Å²) in [4.78, 5) is 17.3. The Morgan fingerprint density at radius 2 is 1.89 bits per heavy atom. The van der Waals surface area contributed by atoms with Crippen LogP contribution >= 0.6 is 11.3 Å². The molecule has 146 valence electrons. The Labute approximate surface area is 164 Å². The number of nitrogens with one attached hydrogen (secondary N) is 1. The van der Waals surface area contributed by atoms with E-state index in [-0.39, 0.29) is 11.8 Å². The Morgan fingerprint density at radius 1 is 1.15 bits per heavy atom. The highest BCUT2D eigenvalue weighted by Gasteiger charge is 2.28. The number of aromatic nitrogens is 3. The zero-order valence-corrected chi connectivity index (χ0v) is 16.7. The SMILES string of the molecule is CCN1CCC[C@H]1CNC(=O)C1CCN(c2nnc(-n3cccc3)s2)CC1. The van der Waals surface area contributed by atoms with Crippen LogP contribution in [0.2, 0.25) is 0 Å². The molecule has 2 fully saturated rings. The second-order valence-corrected chi connectivity index (χ2v) is 8.32. The number of hydrogen-bond donors (Lipinski definition) is 1. The Morgan fingerprint density at radius 3 is 2.63 bits per heavy atom. The molecule has 2 aromatic heterocycles. The number of carbonyl (C=O) groups is 1. The molecule has 2 aliphatic rings. The van der Waals surface area contributed by atoms with Crippen molar-refractivity contribution >= 4 is 22.4 Å².